The standard InChI is InChI=1S/C11H13FO/c12-10-6-2-1-4-8(10)9-5-3-7-11(9)13/h1-2,4,6,9,11,13H,3,5,7H2. The molecule has 0 amide bonds. The second kappa shape index (κ2) is 3.46. The third kappa shape index (κ3) is 1.59. The molecular weight excluding hydrogens is 167 g/mol. The molecule has 2 heteroatoms. The Morgan fingerprint density at radius 2 is 2.00 bits per heavy atom. The molecule has 0 radical (unpaired) electrons. The van der Waals surface area contributed by atoms with Gasteiger partial charge in [0, 0.05) is 5.92 Å². The van der Waals surface area contributed by atoms with Crippen LogP contribution in [0.4, 0.5) is 4.39 Å². The fraction of sp³-hybridized carbons (Fsp3) is 0.455. The third-order valence-electron chi connectivity index (χ3n) is 2.78. The van der Waals surface area contributed by atoms with Crippen LogP contribution in [0.2, 0.25) is 0 Å². The van der Waals surface area contributed by atoms with Gasteiger partial charge in [-0.1, -0.05) is 24.6 Å². The van der Waals surface area contributed by atoms with Crippen LogP contribution in [-0.2, 0) is 0 Å². The van der Waals surface area contributed by atoms with E-state index in [4.69, 9.17) is 0 Å². The van der Waals surface area contributed by atoms with Crippen molar-refractivity contribution in [3.63, 3.8) is 0 Å². The van der Waals surface area contributed by atoms with Crippen molar-refractivity contribution < 1.29 is 9.50 Å². The topological polar surface area (TPSA) is 20.2 Å². The molecule has 1 aromatic rings. The Kier molecular flexibility index (Phi) is 2.32. The van der Waals surface area contributed by atoms with Crippen LogP contribution < -0.4 is 0 Å². The Bertz CT molecular complexity index is 298. The van der Waals surface area contributed by atoms with Gasteiger partial charge >= 0.3 is 0 Å². The molecule has 0 bridgehead atoms. The van der Waals surface area contributed by atoms with Crippen molar-refractivity contribution in [2.45, 2.75) is 31.3 Å². The summed E-state index contributed by atoms with van der Waals surface area (Å²) < 4.78 is 13.3. The molecule has 0 heterocycles. The van der Waals surface area contributed by atoms with Gasteiger partial charge in [0.25, 0.3) is 0 Å². The first-order chi connectivity index (χ1) is 6.29. The van der Waals surface area contributed by atoms with Crippen molar-refractivity contribution >= 4 is 0 Å². The molecule has 2 atom stereocenters. The van der Waals surface area contributed by atoms with E-state index in [0.717, 1.165) is 19.3 Å². The van der Waals surface area contributed by atoms with Crippen LogP contribution in [0.15, 0.2) is 24.3 Å². The molecule has 0 aromatic heterocycles. The van der Waals surface area contributed by atoms with E-state index in [-0.39, 0.29) is 17.8 Å². The number of aliphatic hydroxyl groups is 1. The monoisotopic (exact) mass is 180 g/mol. The number of rotatable bonds is 1. The number of hydrogen-bond acceptors (Lipinski definition) is 1. The van der Waals surface area contributed by atoms with Gasteiger partial charge in [0.15, 0.2) is 0 Å². The van der Waals surface area contributed by atoms with Crippen molar-refractivity contribution in [2.75, 3.05) is 0 Å². The van der Waals surface area contributed by atoms with Crippen molar-refractivity contribution in [3.8, 4) is 0 Å². The molecule has 1 aliphatic rings. The molecule has 2 rings (SSSR count). The first-order valence-corrected chi connectivity index (χ1v) is 4.71. The summed E-state index contributed by atoms with van der Waals surface area (Å²) in [6.07, 6.45) is 2.36. The summed E-state index contributed by atoms with van der Waals surface area (Å²) in [5.41, 5.74) is 0.674. The molecule has 1 N–H and O–H groups in total. The number of aliphatic hydroxyl groups excluding tert-OH is 1. The number of benzene rings is 1. The Labute approximate surface area is 77.2 Å². The zero-order valence-electron chi connectivity index (χ0n) is 7.41. The summed E-state index contributed by atoms with van der Waals surface area (Å²) in [7, 11) is 0. The fourth-order valence-electron chi connectivity index (χ4n) is 2.08. The predicted molar refractivity (Wildman–Crippen MR) is 49.0 cm³/mol. The maximum atomic E-state index is 13.3. The SMILES string of the molecule is OC1CCCC1c1ccccc1F. The number of hydrogen-bond donors (Lipinski definition) is 1. The zero-order chi connectivity index (χ0) is 9.26. The lowest BCUT2D eigenvalue weighted by atomic mass is 9.95. The molecule has 0 spiro atoms. The van der Waals surface area contributed by atoms with Crippen LogP contribution >= 0.6 is 0 Å². The third-order valence-corrected chi connectivity index (χ3v) is 2.78. The largest absolute Gasteiger partial charge is 0.392 e. The maximum Gasteiger partial charge on any atom is 0.126 e. The van der Waals surface area contributed by atoms with Gasteiger partial charge in [-0.15, -0.1) is 0 Å². The summed E-state index contributed by atoms with van der Waals surface area (Å²) in [6.45, 7) is 0. The van der Waals surface area contributed by atoms with Crippen LogP contribution in [-0.4, -0.2) is 11.2 Å². The van der Waals surface area contributed by atoms with E-state index in [9.17, 15) is 9.50 Å². The number of halogens is 1. The normalized spacial score (nSPS) is 27.8. The molecular formula is C11H13FO. The van der Waals surface area contributed by atoms with Crippen molar-refractivity contribution in [3.05, 3.63) is 35.6 Å². The van der Waals surface area contributed by atoms with E-state index in [0.29, 0.717) is 5.56 Å². The first-order valence-electron chi connectivity index (χ1n) is 4.71. The van der Waals surface area contributed by atoms with E-state index in [2.05, 4.69) is 0 Å². The van der Waals surface area contributed by atoms with Gasteiger partial charge in [-0.05, 0) is 24.5 Å². The molecule has 1 aromatic carbocycles. The summed E-state index contributed by atoms with van der Waals surface area (Å²) in [6, 6.07) is 6.73. The van der Waals surface area contributed by atoms with Gasteiger partial charge in [-0.25, -0.2) is 4.39 Å². The average molecular weight is 180 g/mol. The zero-order valence-corrected chi connectivity index (χ0v) is 7.41. The van der Waals surface area contributed by atoms with E-state index >= 15 is 0 Å². The quantitative estimate of drug-likeness (QED) is 0.703. The summed E-state index contributed by atoms with van der Waals surface area (Å²) in [5, 5.41) is 9.60. The summed E-state index contributed by atoms with van der Waals surface area (Å²) in [5.74, 6) is -0.172. The first kappa shape index (κ1) is 8.70. The van der Waals surface area contributed by atoms with Crippen molar-refractivity contribution in [1.82, 2.24) is 0 Å². The van der Waals surface area contributed by atoms with Gasteiger partial charge in [-0.2, -0.15) is 0 Å². The highest BCUT2D eigenvalue weighted by Crippen LogP contribution is 2.35. The lowest BCUT2D eigenvalue weighted by Crippen LogP contribution is -2.12. The van der Waals surface area contributed by atoms with Crippen LogP contribution in [0.5, 0.6) is 0 Å². The molecule has 1 aliphatic carbocycles. The molecule has 0 aliphatic heterocycles. The van der Waals surface area contributed by atoms with Crippen LogP contribution in [0.1, 0.15) is 30.7 Å². The Morgan fingerprint density at radius 3 is 2.62 bits per heavy atom. The van der Waals surface area contributed by atoms with Crippen molar-refractivity contribution in [2.24, 2.45) is 0 Å². The second-order valence-electron chi connectivity index (χ2n) is 3.63. The Hall–Kier alpha value is -0.890. The minimum Gasteiger partial charge on any atom is -0.392 e. The van der Waals surface area contributed by atoms with Crippen LogP contribution in [0.25, 0.3) is 0 Å². The van der Waals surface area contributed by atoms with Crippen LogP contribution in [0.3, 0.4) is 0 Å². The van der Waals surface area contributed by atoms with Gasteiger partial charge in [0.1, 0.15) is 5.82 Å². The average Bonchev–Trinajstić information content (AvgIpc) is 2.52. The van der Waals surface area contributed by atoms with Crippen molar-refractivity contribution in [1.29, 1.82) is 0 Å². The van der Waals surface area contributed by atoms with E-state index in [1.165, 1.54) is 6.07 Å². The molecule has 70 valence electrons. The highest BCUT2D eigenvalue weighted by atomic mass is 19.1. The molecule has 1 fully saturated rings. The molecule has 13 heavy (non-hydrogen) atoms. The van der Waals surface area contributed by atoms with Gasteiger partial charge in [0.05, 0.1) is 6.10 Å². The van der Waals surface area contributed by atoms with E-state index in [1.54, 1.807) is 12.1 Å². The summed E-state index contributed by atoms with van der Waals surface area (Å²) in [4.78, 5) is 0. The summed E-state index contributed by atoms with van der Waals surface area (Å²) >= 11 is 0. The Morgan fingerprint density at radius 1 is 1.23 bits per heavy atom. The highest BCUT2D eigenvalue weighted by Gasteiger charge is 2.28. The molecule has 0 saturated heterocycles. The van der Waals surface area contributed by atoms with E-state index in [1.807, 2.05) is 6.07 Å². The molecule has 2 unspecified atom stereocenters. The minimum atomic E-state index is -0.350. The maximum absolute atomic E-state index is 13.3. The second-order valence-corrected chi connectivity index (χ2v) is 3.63. The lowest BCUT2D eigenvalue weighted by Gasteiger charge is -2.14. The molecule has 1 nitrogen and oxygen atoms in total. The minimum absolute atomic E-state index is 0.0150. The van der Waals surface area contributed by atoms with Crippen LogP contribution in [0, 0.1) is 5.82 Å². The predicted octanol–water partition coefficient (Wildman–Crippen LogP) is 2.45. The van der Waals surface area contributed by atoms with Gasteiger partial charge in [0.2, 0.25) is 0 Å². The highest BCUT2D eigenvalue weighted by molar-refractivity contribution is 5.23. The smallest absolute Gasteiger partial charge is 0.126 e. The lowest BCUT2D eigenvalue weighted by molar-refractivity contribution is 0.162. The fourth-order valence-corrected chi connectivity index (χ4v) is 2.08. The molecule has 1 saturated carbocycles. The Balaban J connectivity index is 2.29. The van der Waals surface area contributed by atoms with Gasteiger partial charge < -0.3 is 5.11 Å². The van der Waals surface area contributed by atoms with Gasteiger partial charge in [-0.3, -0.25) is 0 Å². The van der Waals surface area contributed by atoms with E-state index < -0.39 is 0 Å².